The van der Waals surface area contributed by atoms with Gasteiger partial charge in [-0.1, -0.05) is 41.9 Å². The fourth-order valence-electron chi connectivity index (χ4n) is 4.41. The fraction of sp³-hybridized carbons (Fsp3) is 0.227. The third-order valence-electron chi connectivity index (χ3n) is 5.86. The molecule has 1 N–H and O–H groups in total. The van der Waals surface area contributed by atoms with E-state index in [-0.39, 0.29) is 18.4 Å². The Bertz CT molecular complexity index is 1180. The van der Waals surface area contributed by atoms with E-state index < -0.39 is 5.54 Å². The number of aromatic nitrogens is 1. The Labute approximate surface area is 172 Å². The summed E-state index contributed by atoms with van der Waals surface area (Å²) in [6.07, 6.45) is 2.28. The number of benzene rings is 2. The van der Waals surface area contributed by atoms with E-state index in [2.05, 4.69) is 10.1 Å². The first kappa shape index (κ1) is 17.9. The predicted octanol–water partition coefficient (Wildman–Crippen LogP) is 3.30. The van der Waals surface area contributed by atoms with Crippen LogP contribution in [0.2, 0.25) is 5.02 Å². The molecular formula is C22H19ClN4O2. The number of carbonyl (C=O) groups excluding carboxylic acids is 2. The van der Waals surface area contributed by atoms with Gasteiger partial charge < -0.3 is 9.88 Å². The van der Waals surface area contributed by atoms with Crippen LogP contribution < -0.4 is 0 Å². The summed E-state index contributed by atoms with van der Waals surface area (Å²) in [7, 11) is 0. The second-order valence-electron chi connectivity index (χ2n) is 7.55. The monoisotopic (exact) mass is 406 g/mol. The molecule has 2 aliphatic rings. The number of hydrogen-bond donors (Lipinski definition) is 1. The van der Waals surface area contributed by atoms with Crippen molar-refractivity contribution in [2.75, 3.05) is 13.1 Å². The number of fused-ring (bicyclic) bond motifs is 5. The zero-order valence-electron chi connectivity index (χ0n) is 15.9. The van der Waals surface area contributed by atoms with Gasteiger partial charge in [-0.05, 0) is 42.7 Å². The SMILES string of the molecule is CC12C(=O)N(N=Cc3cccc(Cl)c3)CC(=O)N1CCc1c2[nH]c2ccccc12. The number of rotatable bonds is 2. The molecule has 1 aromatic heterocycles. The van der Waals surface area contributed by atoms with Gasteiger partial charge in [0.2, 0.25) is 5.91 Å². The zero-order valence-corrected chi connectivity index (χ0v) is 16.6. The van der Waals surface area contributed by atoms with Crippen LogP contribution in [0.1, 0.15) is 23.7 Å². The number of nitrogens with zero attached hydrogens (tertiary/aromatic N) is 3. The number of H-pyrrole nitrogens is 1. The molecule has 3 heterocycles. The third-order valence-corrected chi connectivity index (χ3v) is 6.09. The summed E-state index contributed by atoms with van der Waals surface area (Å²) in [4.78, 5) is 31.5. The first-order valence-corrected chi connectivity index (χ1v) is 9.88. The van der Waals surface area contributed by atoms with Gasteiger partial charge in [0, 0.05) is 22.5 Å². The molecule has 2 amide bonds. The molecule has 1 unspecified atom stereocenters. The number of aromatic amines is 1. The maximum atomic E-state index is 13.5. The van der Waals surface area contributed by atoms with Gasteiger partial charge in [0.25, 0.3) is 5.91 Å². The van der Waals surface area contributed by atoms with E-state index >= 15 is 0 Å². The normalized spacial score (nSPS) is 21.7. The lowest BCUT2D eigenvalue weighted by Gasteiger charge is -2.48. The first-order valence-electron chi connectivity index (χ1n) is 9.50. The van der Waals surface area contributed by atoms with Crippen molar-refractivity contribution in [3.63, 3.8) is 0 Å². The highest BCUT2D eigenvalue weighted by atomic mass is 35.5. The van der Waals surface area contributed by atoms with E-state index in [1.807, 2.05) is 43.3 Å². The highest BCUT2D eigenvalue weighted by Crippen LogP contribution is 2.41. The third kappa shape index (κ3) is 2.67. The molecule has 146 valence electrons. The minimum absolute atomic E-state index is 0.0684. The fourth-order valence-corrected chi connectivity index (χ4v) is 4.61. The molecule has 0 saturated carbocycles. The summed E-state index contributed by atoms with van der Waals surface area (Å²) in [5, 5.41) is 7.28. The van der Waals surface area contributed by atoms with Crippen LogP contribution in [0.3, 0.4) is 0 Å². The minimum atomic E-state index is -1.10. The molecule has 7 heteroatoms. The number of nitrogens with one attached hydrogen (secondary N) is 1. The van der Waals surface area contributed by atoms with Gasteiger partial charge in [0.15, 0.2) is 5.54 Å². The van der Waals surface area contributed by atoms with E-state index in [4.69, 9.17) is 11.6 Å². The van der Waals surface area contributed by atoms with Crippen LogP contribution in [-0.4, -0.2) is 46.0 Å². The number of hydrogen-bond acceptors (Lipinski definition) is 3. The molecule has 0 bridgehead atoms. The van der Waals surface area contributed by atoms with Gasteiger partial charge in [-0.3, -0.25) is 9.59 Å². The van der Waals surface area contributed by atoms with Crippen LogP contribution >= 0.6 is 11.6 Å². The summed E-state index contributed by atoms with van der Waals surface area (Å²) in [6.45, 7) is 2.25. The molecule has 5 rings (SSSR count). The molecule has 2 aromatic carbocycles. The predicted molar refractivity (Wildman–Crippen MR) is 112 cm³/mol. The van der Waals surface area contributed by atoms with Crippen molar-refractivity contribution >= 4 is 40.5 Å². The number of para-hydroxylation sites is 1. The lowest BCUT2D eigenvalue weighted by Crippen LogP contribution is -2.65. The Morgan fingerprint density at radius 1 is 1.17 bits per heavy atom. The molecule has 1 atom stereocenters. The molecule has 1 saturated heterocycles. The lowest BCUT2D eigenvalue weighted by atomic mass is 9.83. The number of halogens is 1. The molecule has 29 heavy (non-hydrogen) atoms. The Balaban J connectivity index is 1.57. The molecule has 0 radical (unpaired) electrons. The van der Waals surface area contributed by atoms with Crippen LogP contribution in [-0.2, 0) is 21.5 Å². The Morgan fingerprint density at radius 2 is 2.00 bits per heavy atom. The van der Waals surface area contributed by atoms with Crippen LogP contribution in [0, 0.1) is 0 Å². The van der Waals surface area contributed by atoms with E-state index in [1.165, 1.54) is 5.01 Å². The smallest absolute Gasteiger partial charge is 0.275 e. The molecular weight excluding hydrogens is 388 g/mol. The largest absolute Gasteiger partial charge is 0.356 e. The summed E-state index contributed by atoms with van der Waals surface area (Å²) in [5.41, 5.74) is 2.51. The lowest BCUT2D eigenvalue weighted by molar-refractivity contribution is -0.165. The zero-order chi connectivity index (χ0) is 20.2. The second-order valence-corrected chi connectivity index (χ2v) is 7.99. The molecule has 1 fully saturated rings. The van der Waals surface area contributed by atoms with Crippen molar-refractivity contribution < 1.29 is 9.59 Å². The van der Waals surface area contributed by atoms with Crippen LogP contribution in [0.25, 0.3) is 10.9 Å². The Morgan fingerprint density at radius 3 is 2.83 bits per heavy atom. The van der Waals surface area contributed by atoms with E-state index in [9.17, 15) is 9.59 Å². The number of amides is 2. The van der Waals surface area contributed by atoms with E-state index in [0.717, 1.165) is 34.1 Å². The molecule has 0 aliphatic carbocycles. The maximum Gasteiger partial charge on any atom is 0.275 e. The maximum absolute atomic E-state index is 13.5. The Hall–Kier alpha value is -3.12. The summed E-state index contributed by atoms with van der Waals surface area (Å²) < 4.78 is 0. The van der Waals surface area contributed by atoms with Gasteiger partial charge in [-0.2, -0.15) is 5.10 Å². The molecule has 3 aromatic rings. The molecule has 2 aliphatic heterocycles. The first-order chi connectivity index (χ1) is 14.0. The highest BCUT2D eigenvalue weighted by molar-refractivity contribution is 6.30. The van der Waals surface area contributed by atoms with E-state index in [0.29, 0.717) is 11.6 Å². The van der Waals surface area contributed by atoms with Crippen molar-refractivity contribution in [2.45, 2.75) is 18.9 Å². The molecule has 0 spiro atoms. The topological polar surface area (TPSA) is 68.8 Å². The number of hydrazone groups is 1. The van der Waals surface area contributed by atoms with Gasteiger partial charge in [-0.15, -0.1) is 0 Å². The van der Waals surface area contributed by atoms with Gasteiger partial charge in [0.1, 0.15) is 6.54 Å². The van der Waals surface area contributed by atoms with Crippen LogP contribution in [0.5, 0.6) is 0 Å². The Kier molecular flexibility index (Phi) is 3.99. The van der Waals surface area contributed by atoms with Crippen molar-refractivity contribution in [2.24, 2.45) is 5.10 Å². The van der Waals surface area contributed by atoms with E-state index in [1.54, 1.807) is 23.2 Å². The quantitative estimate of drug-likeness (QED) is 0.663. The number of piperazine rings is 1. The average Bonchev–Trinajstić information content (AvgIpc) is 3.10. The molecule has 6 nitrogen and oxygen atoms in total. The van der Waals surface area contributed by atoms with Crippen molar-refractivity contribution in [3.8, 4) is 0 Å². The van der Waals surface area contributed by atoms with Crippen molar-refractivity contribution in [3.05, 3.63) is 70.4 Å². The van der Waals surface area contributed by atoms with Gasteiger partial charge in [0.05, 0.1) is 11.9 Å². The van der Waals surface area contributed by atoms with Gasteiger partial charge in [-0.25, -0.2) is 5.01 Å². The average molecular weight is 407 g/mol. The van der Waals surface area contributed by atoms with Crippen LogP contribution in [0.15, 0.2) is 53.6 Å². The minimum Gasteiger partial charge on any atom is -0.356 e. The summed E-state index contributed by atoms with van der Waals surface area (Å²) >= 11 is 6.02. The van der Waals surface area contributed by atoms with Crippen molar-refractivity contribution in [1.29, 1.82) is 0 Å². The number of carbonyl (C=O) groups is 2. The summed E-state index contributed by atoms with van der Waals surface area (Å²) in [6, 6.07) is 15.2. The van der Waals surface area contributed by atoms with Crippen LogP contribution in [0.4, 0.5) is 0 Å². The van der Waals surface area contributed by atoms with Gasteiger partial charge >= 0.3 is 0 Å². The summed E-state index contributed by atoms with van der Waals surface area (Å²) in [5.74, 6) is -0.331. The second kappa shape index (κ2) is 6.46. The highest BCUT2D eigenvalue weighted by Gasteiger charge is 2.54. The van der Waals surface area contributed by atoms with Crippen molar-refractivity contribution in [1.82, 2.24) is 14.9 Å². The standard InChI is InChI=1S/C22H19ClN4O2/c1-22-20-17(16-7-2-3-8-18(16)25-20)9-10-26(22)19(28)13-27(21(22)29)24-12-14-5-4-6-15(23)11-14/h2-8,11-12,25H,9-10,13H2,1H3.